The van der Waals surface area contributed by atoms with Crippen molar-refractivity contribution in [3.8, 4) is 11.3 Å². The van der Waals surface area contributed by atoms with Crippen molar-refractivity contribution in [1.29, 1.82) is 0 Å². The molecule has 3 heterocycles. The maximum Gasteiger partial charge on any atom is 0.254 e. The van der Waals surface area contributed by atoms with Gasteiger partial charge in [-0.1, -0.05) is 48.5 Å². The van der Waals surface area contributed by atoms with Crippen LogP contribution in [0.1, 0.15) is 29.6 Å². The summed E-state index contributed by atoms with van der Waals surface area (Å²) in [6, 6.07) is 21.0. The average molecular weight is 430 g/mol. The zero-order valence-corrected chi connectivity index (χ0v) is 17.7. The molecular formula is C23H25Cl2N3O. The molecule has 2 aliphatic heterocycles. The summed E-state index contributed by atoms with van der Waals surface area (Å²) in [6.45, 7) is 1.62. The lowest BCUT2D eigenvalue weighted by Crippen LogP contribution is -2.39. The van der Waals surface area contributed by atoms with Crippen LogP contribution in [-0.4, -0.2) is 41.0 Å². The molecule has 29 heavy (non-hydrogen) atoms. The lowest BCUT2D eigenvalue weighted by molar-refractivity contribution is 0.0750. The molecule has 2 atom stereocenters. The van der Waals surface area contributed by atoms with E-state index in [1.54, 1.807) is 0 Å². The lowest BCUT2D eigenvalue weighted by Gasteiger charge is -2.25. The van der Waals surface area contributed by atoms with E-state index in [-0.39, 0.29) is 30.7 Å². The number of hydrogen-bond acceptors (Lipinski definition) is 3. The van der Waals surface area contributed by atoms with Gasteiger partial charge in [0.25, 0.3) is 5.91 Å². The molecule has 152 valence electrons. The standard InChI is InChI=1S/C23H23N3O.2ClH/c27-23(26-13-12-17-10-11-18(15-26)24-17)20-14-22(16-6-2-1-3-7-16)25-21-9-5-4-8-19(20)21;;/h1-9,14,17-18,24H,10-13,15H2;2*1H. The number of carbonyl (C=O) groups excluding carboxylic acids is 1. The molecule has 2 saturated heterocycles. The lowest BCUT2D eigenvalue weighted by atomic mass is 10.0. The predicted octanol–water partition coefficient (Wildman–Crippen LogP) is 4.71. The zero-order valence-electron chi connectivity index (χ0n) is 16.1. The van der Waals surface area contributed by atoms with Crippen LogP contribution in [0.5, 0.6) is 0 Å². The van der Waals surface area contributed by atoms with Crippen molar-refractivity contribution in [1.82, 2.24) is 15.2 Å². The van der Waals surface area contributed by atoms with Gasteiger partial charge in [0, 0.05) is 36.1 Å². The van der Waals surface area contributed by atoms with E-state index in [2.05, 4.69) is 5.32 Å². The Balaban J connectivity index is 0.00000120. The largest absolute Gasteiger partial charge is 0.337 e. The monoisotopic (exact) mass is 429 g/mol. The van der Waals surface area contributed by atoms with Gasteiger partial charge in [-0.15, -0.1) is 24.8 Å². The summed E-state index contributed by atoms with van der Waals surface area (Å²) in [7, 11) is 0. The van der Waals surface area contributed by atoms with Gasteiger partial charge in [0.15, 0.2) is 0 Å². The predicted molar refractivity (Wildman–Crippen MR) is 122 cm³/mol. The fourth-order valence-electron chi connectivity index (χ4n) is 4.41. The molecule has 0 spiro atoms. The molecule has 0 radical (unpaired) electrons. The van der Waals surface area contributed by atoms with Gasteiger partial charge in [0.05, 0.1) is 16.8 Å². The van der Waals surface area contributed by atoms with Crippen molar-refractivity contribution in [2.24, 2.45) is 0 Å². The van der Waals surface area contributed by atoms with Crippen LogP contribution in [0.2, 0.25) is 0 Å². The van der Waals surface area contributed by atoms with E-state index in [0.29, 0.717) is 12.1 Å². The summed E-state index contributed by atoms with van der Waals surface area (Å²) in [5, 5.41) is 4.59. The maximum atomic E-state index is 13.5. The summed E-state index contributed by atoms with van der Waals surface area (Å²) in [4.78, 5) is 20.3. The van der Waals surface area contributed by atoms with Gasteiger partial charge in [-0.25, -0.2) is 4.98 Å². The first kappa shape index (κ1) is 21.6. The van der Waals surface area contributed by atoms with E-state index in [4.69, 9.17) is 4.98 Å². The summed E-state index contributed by atoms with van der Waals surface area (Å²) in [5.41, 5.74) is 3.52. The van der Waals surface area contributed by atoms with Gasteiger partial charge >= 0.3 is 0 Å². The Morgan fingerprint density at radius 2 is 1.66 bits per heavy atom. The molecule has 4 nitrogen and oxygen atoms in total. The number of benzene rings is 2. The molecule has 2 fully saturated rings. The van der Waals surface area contributed by atoms with E-state index in [9.17, 15) is 4.79 Å². The van der Waals surface area contributed by atoms with Crippen molar-refractivity contribution < 1.29 is 4.79 Å². The minimum atomic E-state index is 0. The highest BCUT2D eigenvalue weighted by molar-refractivity contribution is 6.07. The first-order valence-electron chi connectivity index (χ1n) is 9.78. The molecule has 5 rings (SSSR count). The number of likely N-dealkylation sites (tertiary alicyclic amines) is 1. The number of para-hydroxylation sites is 1. The Kier molecular flexibility index (Phi) is 6.78. The normalized spacial score (nSPS) is 20.5. The van der Waals surface area contributed by atoms with E-state index in [0.717, 1.165) is 47.2 Å². The number of aromatic nitrogens is 1. The van der Waals surface area contributed by atoms with Crippen molar-refractivity contribution in [3.63, 3.8) is 0 Å². The second-order valence-electron chi connectivity index (χ2n) is 7.62. The number of pyridine rings is 1. The highest BCUT2D eigenvalue weighted by Gasteiger charge is 2.32. The maximum absolute atomic E-state index is 13.5. The average Bonchev–Trinajstić information content (AvgIpc) is 3.06. The van der Waals surface area contributed by atoms with Crippen molar-refractivity contribution in [3.05, 3.63) is 66.2 Å². The van der Waals surface area contributed by atoms with Crippen LogP contribution in [0, 0.1) is 0 Å². The molecule has 1 aromatic heterocycles. The SMILES string of the molecule is Cl.Cl.O=C(c1cc(-c2ccccc2)nc2ccccc12)N1CCC2CCC(C1)N2. The quantitative estimate of drug-likeness (QED) is 0.641. The van der Waals surface area contributed by atoms with Crippen LogP contribution >= 0.6 is 24.8 Å². The van der Waals surface area contributed by atoms with Gasteiger partial charge in [0.1, 0.15) is 0 Å². The summed E-state index contributed by atoms with van der Waals surface area (Å²) >= 11 is 0. The third-order valence-electron chi connectivity index (χ3n) is 5.83. The van der Waals surface area contributed by atoms with Gasteiger partial charge in [-0.05, 0) is 31.4 Å². The minimum absolute atomic E-state index is 0. The van der Waals surface area contributed by atoms with Gasteiger partial charge in [0.2, 0.25) is 0 Å². The number of fused-ring (bicyclic) bond motifs is 3. The highest BCUT2D eigenvalue weighted by atomic mass is 35.5. The molecular weight excluding hydrogens is 405 g/mol. The number of hydrogen-bond donors (Lipinski definition) is 1. The summed E-state index contributed by atoms with van der Waals surface area (Å²) < 4.78 is 0. The number of amides is 1. The number of halogens is 2. The molecule has 2 bridgehead atoms. The highest BCUT2D eigenvalue weighted by Crippen LogP contribution is 2.27. The van der Waals surface area contributed by atoms with Gasteiger partial charge < -0.3 is 10.2 Å². The van der Waals surface area contributed by atoms with Gasteiger partial charge in [-0.3, -0.25) is 4.79 Å². The molecule has 2 unspecified atom stereocenters. The Labute approximate surface area is 183 Å². The molecule has 0 saturated carbocycles. The van der Waals surface area contributed by atoms with Crippen LogP contribution in [0.3, 0.4) is 0 Å². The van der Waals surface area contributed by atoms with Crippen molar-refractivity contribution in [2.75, 3.05) is 13.1 Å². The first-order valence-corrected chi connectivity index (χ1v) is 9.78. The third kappa shape index (κ3) is 4.25. The zero-order chi connectivity index (χ0) is 18.2. The Hall–Kier alpha value is -2.14. The van der Waals surface area contributed by atoms with E-state index in [1.165, 1.54) is 12.8 Å². The van der Waals surface area contributed by atoms with Crippen LogP contribution < -0.4 is 5.32 Å². The number of rotatable bonds is 2. The van der Waals surface area contributed by atoms with E-state index < -0.39 is 0 Å². The second-order valence-corrected chi connectivity index (χ2v) is 7.62. The Bertz CT molecular complexity index is 996. The van der Waals surface area contributed by atoms with Crippen molar-refractivity contribution >= 4 is 41.6 Å². The van der Waals surface area contributed by atoms with Crippen LogP contribution in [0.4, 0.5) is 0 Å². The molecule has 3 aromatic rings. The minimum Gasteiger partial charge on any atom is -0.337 e. The van der Waals surface area contributed by atoms with E-state index in [1.807, 2.05) is 65.6 Å². The van der Waals surface area contributed by atoms with Crippen LogP contribution in [-0.2, 0) is 0 Å². The Morgan fingerprint density at radius 3 is 2.48 bits per heavy atom. The fraction of sp³-hybridized carbons (Fsp3) is 0.304. The topological polar surface area (TPSA) is 45.2 Å². The third-order valence-corrected chi connectivity index (χ3v) is 5.83. The van der Waals surface area contributed by atoms with Crippen molar-refractivity contribution in [2.45, 2.75) is 31.3 Å². The smallest absolute Gasteiger partial charge is 0.254 e. The molecule has 1 N–H and O–H groups in total. The van der Waals surface area contributed by atoms with Crippen LogP contribution in [0.15, 0.2) is 60.7 Å². The van der Waals surface area contributed by atoms with Gasteiger partial charge in [-0.2, -0.15) is 0 Å². The summed E-state index contributed by atoms with van der Waals surface area (Å²) in [6.07, 6.45) is 3.45. The molecule has 0 aliphatic carbocycles. The molecule has 1 amide bonds. The fourth-order valence-corrected chi connectivity index (χ4v) is 4.41. The first-order chi connectivity index (χ1) is 13.3. The number of carbonyl (C=O) groups is 1. The molecule has 2 aromatic carbocycles. The second kappa shape index (κ2) is 9.12. The van der Waals surface area contributed by atoms with E-state index >= 15 is 0 Å². The summed E-state index contributed by atoms with van der Waals surface area (Å²) in [5.74, 6) is 0.125. The molecule has 6 heteroatoms. The number of nitrogens with zero attached hydrogens (tertiary/aromatic N) is 2. The van der Waals surface area contributed by atoms with Crippen LogP contribution in [0.25, 0.3) is 22.2 Å². The number of nitrogens with one attached hydrogen (secondary N) is 1. The Morgan fingerprint density at radius 1 is 0.931 bits per heavy atom. The molecule has 2 aliphatic rings.